The second kappa shape index (κ2) is 5.50. The average molecular weight is 264 g/mol. The van der Waals surface area contributed by atoms with Gasteiger partial charge in [-0.3, -0.25) is 4.90 Å². The Morgan fingerprint density at radius 1 is 1.39 bits per heavy atom. The molecular formula is C14H17FN2S. The molecule has 0 fully saturated rings. The molecule has 2 aromatic rings. The van der Waals surface area contributed by atoms with Crippen molar-refractivity contribution in [1.82, 2.24) is 4.90 Å². The van der Waals surface area contributed by atoms with Crippen LogP contribution in [0.4, 0.5) is 10.1 Å². The van der Waals surface area contributed by atoms with E-state index in [1.165, 1.54) is 10.9 Å². The molecule has 1 aromatic heterocycles. The zero-order chi connectivity index (χ0) is 13.1. The third-order valence-corrected chi connectivity index (χ3v) is 4.16. The maximum Gasteiger partial charge on any atom is 0.146 e. The van der Waals surface area contributed by atoms with Crippen molar-refractivity contribution in [1.29, 1.82) is 0 Å². The Labute approximate surface area is 111 Å². The predicted octanol–water partition coefficient (Wildman–Crippen LogP) is 3.66. The molecule has 0 aliphatic heterocycles. The van der Waals surface area contributed by atoms with Crippen molar-refractivity contribution >= 4 is 17.0 Å². The van der Waals surface area contributed by atoms with Crippen molar-refractivity contribution < 1.29 is 4.39 Å². The summed E-state index contributed by atoms with van der Waals surface area (Å²) in [4.78, 5) is 3.50. The first-order valence-electron chi connectivity index (χ1n) is 5.85. The number of thiophene rings is 1. The van der Waals surface area contributed by atoms with Gasteiger partial charge in [-0.2, -0.15) is 0 Å². The number of nitrogens with two attached hydrogens (primary N) is 1. The number of benzene rings is 1. The number of halogens is 1. The highest BCUT2D eigenvalue weighted by atomic mass is 32.1. The molecule has 0 radical (unpaired) electrons. The normalized spacial score (nSPS) is 12.9. The summed E-state index contributed by atoms with van der Waals surface area (Å²) in [6, 6.07) is 9.49. The molecule has 0 aliphatic rings. The summed E-state index contributed by atoms with van der Waals surface area (Å²) in [5.74, 6) is -0.343. The van der Waals surface area contributed by atoms with Crippen LogP contribution < -0.4 is 5.73 Å². The van der Waals surface area contributed by atoms with Crippen LogP contribution in [0.5, 0.6) is 0 Å². The Hall–Kier alpha value is -1.39. The van der Waals surface area contributed by atoms with E-state index in [-0.39, 0.29) is 11.5 Å². The van der Waals surface area contributed by atoms with Crippen molar-refractivity contribution in [2.75, 3.05) is 12.8 Å². The molecule has 1 atom stereocenters. The van der Waals surface area contributed by atoms with E-state index in [4.69, 9.17) is 5.73 Å². The van der Waals surface area contributed by atoms with Crippen molar-refractivity contribution in [3.63, 3.8) is 0 Å². The third kappa shape index (κ3) is 2.89. The van der Waals surface area contributed by atoms with Gasteiger partial charge in [0.15, 0.2) is 0 Å². The first kappa shape index (κ1) is 13.1. The molecule has 0 aliphatic carbocycles. The van der Waals surface area contributed by atoms with E-state index in [0.717, 1.165) is 5.56 Å². The number of hydrogen-bond acceptors (Lipinski definition) is 3. The number of nitrogen functional groups attached to an aromatic ring is 1. The number of nitrogens with zero attached hydrogens (tertiary/aromatic N) is 1. The molecule has 2 rings (SSSR count). The summed E-state index contributed by atoms with van der Waals surface area (Å²) >= 11 is 1.74. The lowest BCUT2D eigenvalue weighted by Gasteiger charge is -2.23. The van der Waals surface area contributed by atoms with Gasteiger partial charge in [0.05, 0.1) is 5.69 Å². The van der Waals surface area contributed by atoms with Crippen LogP contribution in [0.1, 0.15) is 23.4 Å². The molecule has 4 heteroatoms. The molecule has 96 valence electrons. The van der Waals surface area contributed by atoms with E-state index in [2.05, 4.69) is 23.3 Å². The standard InChI is InChI=1S/C14H17FN2S/c1-10(14-4-3-7-18-14)17(2)9-11-5-6-13(16)12(15)8-11/h3-8,10H,9,16H2,1-2H3. The summed E-state index contributed by atoms with van der Waals surface area (Å²) in [5.41, 5.74) is 6.61. The number of hydrogen-bond donors (Lipinski definition) is 1. The zero-order valence-corrected chi connectivity index (χ0v) is 11.4. The van der Waals surface area contributed by atoms with Crippen LogP contribution in [0.3, 0.4) is 0 Å². The molecule has 0 amide bonds. The highest BCUT2D eigenvalue weighted by Gasteiger charge is 2.13. The fourth-order valence-electron chi connectivity index (χ4n) is 1.84. The maximum atomic E-state index is 13.4. The van der Waals surface area contributed by atoms with Gasteiger partial charge in [-0.1, -0.05) is 12.1 Å². The summed E-state index contributed by atoms with van der Waals surface area (Å²) in [6.45, 7) is 2.86. The molecule has 1 aromatic carbocycles. The number of anilines is 1. The highest BCUT2D eigenvalue weighted by molar-refractivity contribution is 7.10. The first-order valence-corrected chi connectivity index (χ1v) is 6.73. The van der Waals surface area contributed by atoms with Crippen LogP contribution in [0, 0.1) is 5.82 Å². The van der Waals surface area contributed by atoms with E-state index in [0.29, 0.717) is 12.6 Å². The lowest BCUT2D eigenvalue weighted by molar-refractivity contribution is 0.256. The molecular weight excluding hydrogens is 247 g/mol. The van der Waals surface area contributed by atoms with Gasteiger partial charge in [0.2, 0.25) is 0 Å². The Kier molecular flexibility index (Phi) is 3.99. The van der Waals surface area contributed by atoms with Crippen LogP contribution in [0.25, 0.3) is 0 Å². The van der Waals surface area contributed by atoms with Crippen LogP contribution >= 0.6 is 11.3 Å². The summed E-state index contributed by atoms with van der Waals surface area (Å²) < 4.78 is 13.4. The van der Waals surface area contributed by atoms with E-state index < -0.39 is 0 Å². The third-order valence-electron chi connectivity index (χ3n) is 3.11. The quantitative estimate of drug-likeness (QED) is 0.854. The summed E-state index contributed by atoms with van der Waals surface area (Å²) in [7, 11) is 2.04. The van der Waals surface area contributed by atoms with Crippen LogP contribution in [0.2, 0.25) is 0 Å². The summed E-state index contributed by atoms with van der Waals surface area (Å²) in [6.07, 6.45) is 0. The molecule has 0 bridgehead atoms. The van der Waals surface area contributed by atoms with Crippen molar-refractivity contribution in [3.8, 4) is 0 Å². The van der Waals surface area contributed by atoms with Gasteiger partial charge >= 0.3 is 0 Å². The first-order chi connectivity index (χ1) is 8.58. The monoisotopic (exact) mass is 264 g/mol. The Balaban J connectivity index is 2.06. The second-order valence-corrected chi connectivity index (χ2v) is 5.44. The predicted molar refractivity (Wildman–Crippen MR) is 75.0 cm³/mol. The van der Waals surface area contributed by atoms with Gasteiger partial charge in [-0.15, -0.1) is 11.3 Å². The molecule has 0 saturated heterocycles. The van der Waals surface area contributed by atoms with Gasteiger partial charge < -0.3 is 5.73 Å². The van der Waals surface area contributed by atoms with E-state index in [1.54, 1.807) is 17.4 Å². The lowest BCUT2D eigenvalue weighted by atomic mass is 10.1. The van der Waals surface area contributed by atoms with Crippen LogP contribution in [-0.2, 0) is 6.54 Å². The fourth-order valence-corrected chi connectivity index (χ4v) is 2.69. The summed E-state index contributed by atoms with van der Waals surface area (Å²) in [5, 5.41) is 2.07. The Morgan fingerprint density at radius 2 is 2.17 bits per heavy atom. The Bertz CT molecular complexity index is 511. The SMILES string of the molecule is CC(c1cccs1)N(C)Cc1ccc(N)c(F)c1. The van der Waals surface area contributed by atoms with Gasteiger partial charge in [0, 0.05) is 17.5 Å². The minimum Gasteiger partial charge on any atom is -0.396 e. The molecule has 0 spiro atoms. The smallest absolute Gasteiger partial charge is 0.146 e. The van der Waals surface area contributed by atoms with Crippen molar-refractivity contribution in [3.05, 3.63) is 52.0 Å². The maximum absolute atomic E-state index is 13.4. The molecule has 18 heavy (non-hydrogen) atoms. The molecule has 0 saturated carbocycles. The topological polar surface area (TPSA) is 29.3 Å². The van der Waals surface area contributed by atoms with Crippen LogP contribution in [0.15, 0.2) is 35.7 Å². The van der Waals surface area contributed by atoms with Crippen LogP contribution in [-0.4, -0.2) is 11.9 Å². The minimum atomic E-state index is -0.343. The highest BCUT2D eigenvalue weighted by Crippen LogP contribution is 2.25. The van der Waals surface area contributed by atoms with Gasteiger partial charge in [0.1, 0.15) is 5.82 Å². The van der Waals surface area contributed by atoms with Crippen molar-refractivity contribution in [2.45, 2.75) is 19.5 Å². The zero-order valence-electron chi connectivity index (χ0n) is 10.6. The molecule has 1 heterocycles. The lowest BCUT2D eigenvalue weighted by Crippen LogP contribution is -2.21. The van der Waals surface area contributed by atoms with Gasteiger partial charge in [0.25, 0.3) is 0 Å². The number of rotatable bonds is 4. The van der Waals surface area contributed by atoms with E-state index >= 15 is 0 Å². The van der Waals surface area contributed by atoms with Gasteiger partial charge in [-0.05, 0) is 43.1 Å². The van der Waals surface area contributed by atoms with Crippen molar-refractivity contribution in [2.24, 2.45) is 0 Å². The molecule has 2 nitrogen and oxygen atoms in total. The fraction of sp³-hybridized carbons (Fsp3) is 0.286. The van der Waals surface area contributed by atoms with Gasteiger partial charge in [-0.25, -0.2) is 4.39 Å². The molecule has 2 N–H and O–H groups in total. The molecule has 1 unspecified atom stereocenters. The van der Waals surface area contributed by atoms with E-state index in [1.807, 2.05) is 19.2 Å². The second-order valence-electron chi connectivity index (χ2n) is 4.46. The minimum absolute atomic E-state index is 0.202. The Morgan fingerprint density at radius 3 is 2.78 bits per heavy atom. The van der Waals surface area contributed by atoms with E-state index in [9.17, 15) is 4.39 Å². The largest absolute Gasteiger partial charge is 0.396 e. The average Bonchev–Trinajstić information content (AvgIpc) is 2.86.